The van der Waals surface area contributed by atoms with Crippen molar-refractivity contribution in [2.45, 2.75) is 42.0 Å². The second-order valence-corrected chi connectivity index (χ2v) is 13.1. The maximum absolute atomic E-state index is 13.2. The molecule has 2 unspecified atom stereocenters. The van der Waals surface area contributed by atoms with Crippen LogP contribution in [0, 0.1) is 16.0 Å². The Morgan fingerprint density at radius 2 is 1.77 bits per heavy atom. The van der Waals surface area contributed by atoms with E-state index in [1.54, 1.807) is 18.2 Å². The van der Waals surface area contributed by atoms with Crippen LogP contribution in [0.15, 0.2) is 53.7 Å². The van der Waals surface area contributed by atoms with E-state index in [9.17, 15) is 27.3 Å². The fourth-order valence-corrected chi connectivity index (χ4v) is 8.05. The van der Waals surface area contributed by atoms with Gasteiger partial charge in [-0.3, -0.25) is 15.0 Å². The molecule has 2 N–H and O–H groups in total. The smallest absolute Gasteiger partial charge is 0.311 e. The van der Waals surface area contributed by atoms with Gasteiger partial charge in [-0.15, -0.1) is 0 Å². The molecule has 3 aromatic rings. The largest absolute Gasteiger partial charge is 0.376 e. The summed E-state index contributed by atoms with van der Waals surface area (Å²) in [5, 5.41) is 15.1. The molecule has 1 saturated carbocycles. The average molecular weight is 577 g/mol. The predicted molar refractivity (Wildman–Crippen MR) is 148 cm³/mol. The van der Waals surface area contributed by atoms with Crippen molar-refractivity contribution in [2.75, 3.05) is 38.5 Å². The number of nitro groups is 1. The third-order valence-electron chi connectivity index (χ3n) is 7.79. The summed E-state index contributed by atoms with van der Waals surface area (Å²) in [5.74, 6) is 0.0434. The van der Waals surface area contributed by atoms with Gasteiger partial charge in [-0.2, -0.15) is 0 Å². The lowest BCUT2D eigenvalue weighted by Gasteiger charge is -2.41. The zero-order chi connectivity index (χ0) is 27.7. The van der Waals surface area contributed by atoms with Crippen LogP contribution in [0.2, 0.25) is 0 Å². The van der Waals surface area contributed by atoms with E-state index in [0.717, 1.165) is 36.3 Å². The SMILES string of the molecule is CN1CCN(C(C2CCC(Nc3c([N+](=O)[O-])cnc4c3ccn4S(=O)(=O)c3ccccc3)CC2)S(=O)O)CC1. The molecule has 210 valence electrons. The first kappa shape index (κ1) is 27.6. The van der Waals surface area contributed by atoms with Gasteiger partial charge in [0.05, 0.1) is 15.2 Å². The van der Waals surface area contributed by atoms with E-state index in [2.05, 4.69) is 20.1 Å². The number of rotatable bonds is 8. The standard InChI is InChI=1S/C25H32N6O6S2/c1-28-13-15-29(16-14-28)25(38(34)35)18-7-9-19(10-8-18)27-23-21-11-12-30(24(21)26-17-22(23)31(32)33)39(36,37)20-5-3-2-4-6-20/h2-6,11-12,17-19,25H,7-10,13-16H2,1H3,(H,26,27)(H,34,35). The maximum Gasteiger partial charge on any atom is 0.311 e. The normalized spacial score (nSPS) is 22.9. The molecule has 1 aliphatic carbocycles. The molecule has 2 fully saturated rings. The minimum absolute atomic E-state index is 0.0434. The molecule has 0 amide bonds. The van der Waals surface area contributed by atoms with Crippen LogP contribution < -0.4 is 5.32 Å². The lowest BCUT2D eigenvalue weighted by atomic mass is 9.85. The highest BCUT2D eigenvalue weighted by atomic mass is 32.2. The van der Waals surface area contributed by atoms with E-state index >= 15 is 0 Å². The van der Waals surface area contributed by atoms with Crippen molar-refractivity contribution >= 4 is 43.5 Å². The molecule has 12 nitrogen and oxygen atoms in total. The van der Waals surface area contributed by atoms with Gasteiger partial charge in [-0.25, -0.2) is 21.6 Å². The number of piperazine rings is 1. The van der Waals surface area contributed by atoms with Crippen LogP contribution in [-0.2, 0) is 21.1 Å². The fraction of sp³-hybridized carbons (Fsp3) is 0.480. The Hall–Kier alpha value is -2.91. The number of pyridine rings is 1. The van der Waals surface area contributed by atoms with E-state index < -0.39 is 31.4 Å². The molecule has 2 aliphatic rings. The summed E-state index contributed by atoms with van der Waals surface area (Å²) in [4.78, 5) is 19.9. The minimum atomic E-state index is -3.95. The second-order valence-electron chi connectivity index (χ2n) is 10.2. The Morgan fingerprint density at radius 1 is 1.10 bits per heavy atom. The van der Waals surface area contributed by atoms with Crippen molar-refractivity contribution in [3.8, 4) is 0 Å². The van der Waals surface area contributed by atoms with E-state index in [1.165, 1.54) is 24.4 Å². The van der Waals surface area contributed by atoms with Crippen LogP contribution in [-0.4, -0.2) is 85.5 Å². The second kappa shape index (κ2) is 11.3. The van der Waals surface area contributed by atoms with Gasteiger partial charge in [0.2, 0.25) is 0 Å². The van der Waals surface area contributed by atoms with Crippen LogP contribution in [0.4, 0.5) is 11.4 Å². The average Bonchev–Trinajstić information content (AvgIpc) is 3.37. The molecule has 2 aromatic heterocycles. The molecule has 1 aliphatic heterocycles. The highest BCUT2D eigenvalue weighted by molar-refractivity contribution is 7.90. The molecule has 5 rings (SSSR count). The number of anilines is 1. The molecule has 0 spiro atoms. The first-order valence-electron chi connectivity index (χ1n) is 12.9. The first-order chi connectivity index (χ1) is 18.7. The van der Waals surface area contributed by atoms with Crippen LogP contribution >= 0.6 is 0 Å². The van der Waals surface area contributed by atoms with Crippen LogP contribution in [0.1, 0.15) is 25.7 Å². The Kier molecular flexibility index (Phi) is 8.01. The number of aromatic nitrogens is 2. The van der Waals surface area contributed by atoms with Gasteiger partial charge in [0.15, 0.2) is 16.7 Å². The summed E-state index contributed by atoms with van der Waals surface area (Å²) in [7, 11) is -1.91. The molecular formula is C25H32N6O6S2. The van der Waals surface area contributed by atoms with Crippen molar-refractivity contribution in [1.29, 1.82) is 0 Å². The summed E-state index contributed by atoms with van der Waals surface area (Å²) in [6.07, 6.45) is 5.18. The number of nitrogens with one attached hydrogen (secondary N) is 1. The van der Waals surface area contributed by atoms with Crippen LogP contribution in [0.3, 0.4) is 0 Å². The summed E-state index contributed by atoms with van der Waals surface area (Å²) in [5.41, 5.74) is 0.106. The maximum atomic E-state index is 13.2. The molecule has 14 heteroatoms. The van der Waals surface area contributed by atoms with Crippen molar-refractivity contribution < 1.29 is 22.1 Å². The van der Waals surface area contributed by atoms with Gasteiger partial charge in [-0.1, -0.05) is 18.2 Å². The number of hydrogen-bond donors (Lipinski definition) is 2. The van der Waals surface area contributed by atoms with Gasteiger partial charge >= 0.3 is 5.69 Å². The monoisotopic (exact) mass is 576 g/mol. The van der Waals surface area contributed by atoms with Gasteiger partial charge < -0.3 is 14.8 Å². The molecule has 2 atom stereocenters. The van der Waals surface area contributed by atoms with Gasteiger partial charge in [-0.05, 0) is 56.8 Å². The Balaban J connectivity index is 1.38. The van der Waals surface area contributed by atoms with E-state index in [0.29, 0.717) is 31.1 Å². The summed E-state index contributed by atoms with van der Waals surface area (Å²) >= 11 is -1.98. The summed E-state index contributed by atoms with van der Waals surface area (Å²) in [6, 6.07) is 9.36. The number of hydrogen-bond acceptors (Lipinski definition) is 9. The number of benzene rings is 1. The quantitative estimate of drug-likeness (QED) is 0.233. The van der Waals surface area contributed by atoms with Gasteiger partial charge in [0.25, 0.3) is 10.0 Å². The van der Waals surface area contributed by atoms with E-state index in [1.807, 2.05) is 7.05 Å². The third-order valence-corrected chi connectivity index (χ3v) is 10.6. The van der Waals surface area contributed by atoms with Crippen molar-refractivity contribution in [3.63, 3.8) is 0 Å². The Morgan fingerprint density at radius 3 is 2.38 bits per heavy atom. The highest BCUT2D eigenvalue weighted by Crippen LogP contribution is 2.37. The Bertz CT molecular complexity index is 1460. The molecule has 0 radical (unpaired) electrons. The number of nitrogens with zero attached hydrogens (tertiary/aromatic N) is 5. The Labute approximate surface area is 229 Å². The minimum Gasteiger partial charge on any atom is -0.376 e. The zero-order valence-corrected chi connectivity index (χ0v) is 23.2. The van der Waals surface area contributed by atoms with Gasteiger partial charge in [0, 0.05) is 38.4 Å². The highest BCUT2D eigenvalue weighted by Gasteiger charge is 2.37. The molecule has 39 heavy (non-hydrogen) atoms. The lowest BCUT2D eigenvalue weighted by molar-refractivity contribution is -0.384. The topological polar surface area (TPSA) is 151 Å². The molecule has 0 bridgehead atoms. The van der Waals surface area contributed by atoms with Crippen molar-refractivity contribution in [3.05, 3.63) is 58.9 Å². The van der Waals surface area contributed by atoms with Crippen molar-refractivity contribution in [2.24, 2.45) is 5.92 Å². The van der Waals surface area contributed by atoms with Crippen LogP contribution in [0.25, 0.3) is 11.0 Å². The lowest BCUT2D eigenvalue weighted by Crippen LogP contribution is -2.53. The van der Waals surface area contributed by atoms with E-state index in [4.69, 9.17) is 0 Å². The first-order valence-corrected chi connectivity index (χ1v) is 15.5. The fourth-order valence-electron chi connectivity index (χ4n) is 5.66. The van der Waals surface area contributed by atoms with Gasteiger partial charge in [0.1, 0.15) is 17.3 Å². The third kappa shape index (κ3) is 5.57. The number of likely N-dealkylation sites (N-methyl/N-ethyl adjacent to an activating group) is 1. The zero-order valence-electron chi connectivity index (χ0n) is 21.5. The summed E-state index contributed by atoms with van der Waals surface area (Å²) < 4.78 is 50.0. The molecular weight excluding hydrogens is 544 g/mol. The molecule has 1 aromatic carbocycles. The number of fused-ring (bicyclic) bond motifs is 1. The van der Waals surface area contributed by atoms with E-state index in [-0.39, 0.29) is 33.9 Å². The summed E-state index contributed by atoms with van der Waals surface area (Å²) in [6.45, 7) is 3.20. The predicted octanol–water partition coefficient (Wildman–Crippen LogP) is 2.95. The molecule has 1 saturated heterocycles. The van der Waals surface area contributed by atoms with Crippen LogP contribution in [0.5, 0.6) is 0 Å². The molecule has 3 heterocycles. The van der Waals surface area contributed by atoms with Crippen molar-refractivity contribution in [1.82, 2.24) is 18.8 Å².